The maximum Gasteiger partial charge on any atom is 0.171 e. The van der Waals surface area contributed by atoms with E-state index in [2.05, 4.69) is 15.1 Å². The molecule has 70 valence electrons. The predicted octanol–water partition coefficient (Wildman–Crippen LogP) is 0.0823. The van der Waals surface area contributed by atoms with Gasteiger partial charge in [0.25, 0.3) is 0 Å². The average Bonchev–Trinajstić information content (AvgIpc) is 2.87. The highest BCUT2D eigenvalue weighted by Gasteiger charge is 2.25. The summed E-state index contributed by atoms with van der Waals surface area (Å²) in [5.74, 6) is 2.02. The topological polar surface area (TPSA) is 69.1 Å². The number of hydrogen-bond donors (Lipinski definition) is 1. The van der Waals surface area contributed by atoms with Gasteiger partial charge in [-0.2, -0.15) is 5.10 Å². The van der Waals surface area contributed by atoms with Crippen molar-refractivity contribution in [3.05, 3.63) is 12.2 Å². The van der Waals surface area contributed by atoms with Gasteiger partial charge in [-0.05, 0) is 12.8 Å². The molecule has 1 heterocycles. The molecule has 0 aliphatic heterocycles. The Kier molecular flexibility index (Phi) is 2.00. The number of nitrogens with zero attached hydrogens (tertiary/aromatic N) is 4. The molecule has 0 spiro atoms. The Balaban J connectivity index is 1.94. The fourth-order valence-corrected chi connectivity index (χ4v) is 1.13. The van der Waals surface area contributed by atoms with Gasteiger partial charge in [-0.15, -0.1) is 0 Å². The van der Waals surface area contributed by atoms with Crippen LogP contribution in [-0.2, 0) is 13.6 Å². The van der Waals surface area contributed by atoms with Crippen LogP contribution < -0.4 is 5.73 Å². The molecule has 13 heavy (non-hydrogen) atoms. The molecule has 1 aromatic rings. The van der Waals surface area contributed by atoms with Gasteiger partial charge in [-0.1, -0.05) is 0 Å². The lowest BCUT2D eigenvalue weighted by Crippen LogP contribution is -2.14. The number of aryl methyl sites for hydroxylation is 1. The zero-order chi connectivity index (χ0) is 9.26. The molecule has 0 amide bonds. The highest BCUT2D eigenvalue weighted by Crippen LogP contribution is 2.28. The fourth-order valence-electron chi connectivity index (χ4n) is 1.13. The summed E-state index contributed by atoms with van der Waals surface area (Å²) in [6.45, 7) is 0.503. The molecule has 0 atom stereocenters. The number of aromatic nitrogens is 3. The minimum absolute atomic E-state index is 0.503. The second kappa shape index (κ2) is 3.16. The van der Waals surface area contributed by atoms with Crippen molar-refractivity contribution < 1.29 is 0 Å². The molecule has 1 aliphatic carbocycles. The molecule has 1 aromatic heterocycles. The van der Waals surface area contributed by atoms with Crippen LogP contribution >= 0.6 is 0 Å². The van der Waals surface area contributed by atoms with Crippen LogP contribution in [0.4, 0.5) is 0 Å². The zero-order valence-electron chi connectivity index (χ0n) is 7.64. The lowest BCUT2D eigenvalue weighted by Gasteiger charge is -1.94. The van der Waals surface area contributed by atoms with E-state index in [1.807, 2.05) is 7.05 Å². The predicted molar refractivity (Wildman–Crippen MR) is 49.1 cm³/mol. The Bertz CT molecular complexity index is 323. The van der Waals surface area contributed by atoms with Crippen molar-refractivity contribution in [2.75, 3.05) is 0 Å². The van der Waals surface area contributed by atoms with Crippen LogP contribution in [-0.4, -0.2) is 20.6 Å². The molecule has 2 N–H and O–H groups in total. The van der Waals surface area contributed by atoms with Crippen molar-refractivity contribution in [1.82, 2.24) is 14.8 Å². The van der Waals surface area contributed by atoms with E-state index in [-0.39, 0.29) is 0 Å². The van der Waals surface area contributed by atoms with Gasteiger partial charge < -0.3 is 5.73 Å². The van der Waals surface area contributed by atoms with E-state index in [0.717, 1.165) is 11.7 Å². The first-order valence-corrected chi connectivity index (χ1v) is 4.40. The summed E-state index contributed by atoms with van der Waals surface area (Å²) in [5.41, 5.74) is 5.72. The first-order chi connectivity index (χ1) is 6.25. The molecule has 5 nitrogen and oxygen atoms in total. The third-order valence-corrected chi connectivity index (χ3v) is 2.05. The van der Waals surface area contributed by atoms with Crippen LogP contribution in [0.2, 0.25) is 0 Å². The summed E-state index contributed by atoms with van der Waals surface area (Å²) in [4.78, 5) is 8.28. The van der Waals surface area contributed by atoms with E-state index >= 15 is 0 Å². The van der Waals surface area contributed by atoms with Crippen LogP contribution in [0.1, 0.15) is 18.7 Å². The van der Waals surface area contributed by atoms with Gasteiger partial charge in [0.15, 0.2) is 5.82 Å². The lowest BCUT2D eigenvalue weighted by atomic mass is 10.4. The molecule has 1 aliphatic rings. The first-order valence-electron chi connectivity index (χ1n) is 4.40. The third-order valence-electron chi connectivity index (χ3n) is 2.05. The summed E-state index contributed by atoms with van der Waals surface area (Å²) in [6, 6.07) is 0. The molecule has 0 radical (unpaired) electrons. The number of aliphatic imine (C=N–C) groups is 1. The van der Waals surface area contributed by atoms with Gasteiger partial charge in [0.2, 0.25) is 0 Å². The van der Waals surface area contributed by atoms with Gasteiger partial charge in [0.05, 0.1) is 5.84 Å². The van der Waals surface area contributed by atoms with Crippen molar-refractivity contribution in [3.63, 3.8) is 0 Å². The van der Waals surface area contributed by atoms with E-state index in [1.165, 1.54) is 12.8 Å². The lowest BCUT2D eigenvalue weighted by molar-refractivity contribution is 0.742. The van der Waals surface area contributed by atoms with Crippen molar-refractivity contribution in [1.29, 1.82) is 0 Å². The number of nitrogens with two attached hydrogens (primary N) is 1. The third kappa shape index (κ3) is 2.05. The SMILES string of the molecule is Cn1cnc(CN=C(N)C2CC2)n1. The monoisotopic (exact) mass is 179 g/mol. The minimum Gasteiger partial charge on any atom is -0.387 e. The van der Waals surface area contributed by atoms with E-state index in [1.54, 1.807) is 11.0 Å². The van der Waals surface area contributed by atoms with Crippen molar-refractivity contribution in [2.45, 2.75) is 19.4 Å². The maximum absolute atomic E-state index is 5.72. The minimum atomic E-state index is 0.503. The Morgan fingerprint density at radius 2 is 2.54 bits per heavy atom. The standard InChI is InChI=1S/C8H13N5/c1-13-5-11-7(12-13)4-10-8(9)6-2-3-6/h5-6H,2-4H2,1H3,(H2,9,10). The fraction of sp³-hybridized carbons (Fsp3) is 0.625. The normalized spacial score (nSPS) is 17.8. The van der Waals surface area contributed by atoms with Gasteiger partial charge in [-0.3, -0.25) is 9.67 Å². The van der Waals surface area contributed by atoms with Crippen molar-refractivity contribution in [2.24, 2.45) is 23.7 Å². The molecule has 5 heteroatoms. The number of hydrogen-bond acceptors (Lipinski definition) is 3. The largest absolute Gasteiger partial charge is 0.387 e. The molecule has 0 bridgehead atoms. The Morgan fingerprint density at radius 3 is 3.08 bits per heavy atom. The van der Waals surface area contributed by atoms with Crippen LogP contribution in [0.5, 0.6) is 0 Å². The van der Waals surface area contributed by atoms with Crippen LogP contribution in [0.3, 0.4) is 0 Å². The van der Waals surface area contributed by atoms with Gasteiger partial charge in [0.1, 0.15) is 12.9 Å². The first kappa shape index (κ1) is 8.22. The highest BCUT2D eigenvalue weighted by molar-refractivity contribution is 5.84. The van der Waals surface area contributed by atoms with Crippen LogP contribution in [0, 0.1) is 5.92 Å². The molecule has 1 fully saturated rings. The maximum atomic E-state index is 5.72. The van der Waals surface area contributed by atoms with Crippen molar-refractivity contribution >= 4 is 5.84 Å². The molecule has 0 aromatic carbocycles. The average molecular weight is 179 g/mol. The highest BCUT2D eigenvalue weighted by atomic mass is 15.3. The van der Waals surface area contributed by atoms with E-state index in [4.69, 9.17) is 5.73 Å². The summed E-state index contributed by atoms with van der Waals surface area (Å²) < 4.78 is 1.66. The second-order valence-electron chi connectivity index (χ2n) is 3.35. The van der Waals surface area contributed by atoms with Crippen LogP contribution in [0.25, 0.3) is 0 Å². The summed E-state index contributed by atoms with van der Waals surface area (Å²) in [5, 5.41) is 4.11. The molecule has 0 unspecified atom stereocenters. The molecule has 0 saturated heterocycles. The Morgan fingerprint density at radius 1 is 1.77 bits per heavy atom. The van der Waals surface area contributed by atoms with Gasteiger partial charge >= 0.3 is 0 Å². The Hall–Kier alpha value is -1.39. The number of amidine groups is 1. The zero-order valence-corrected chi connectivity index (χ0v) is 7.64. The molecular weight excluding hydrogens is 166 g/mol. The summed E-state index contributed by atoms with van der Waals surface area (Å²) >= 11 is 0. The second-order valence-corrected chi connectivity index (χ2v) is 3.35. The smallest absolute Gasteiger partial charge is 0.171 e. The van der Waals surface area contributed by atoms with Crippen molar-refractivity contribution in [3.8, 4) is 0 Å². The quantitative estimate of drug-likeness (QED) is 0.528. The molecule has 2 rings (SSSR count). The van der Waals surface area contributed by atoms with E-state index < -0.39 is 0 Å². The number of rotatable bonds is 3. The van der Waals surface area contributed by atoms with Crippen LogP contribution in [0.15, 0.2) is 11.3 Å². The Labute approximate surface area is 76.7 Å². The summed E-state index contributed by atoms with van der Waals surface area (Å²) in [7, 11) is 1.84. The summed E-state index contributed by atoms with van der Waals surface area (Å²) in [6.07, 6.45) is 4.04. The van der Waals surface area contributed by atoms with Gasteiger partial charge in [0, 0.05) is 13.0 Å². The van der Waals surface area contributed by atoms with E-state index in [9.17, 15) is 0 Å². The molecule has 1 saturated carbocycles. The van der Waals surface area contributed by atoms with Gasteiger partial charge in [-0.25, -0.2) is 4.98 Å². The van der Waals surface area contributed by atoms with E-state index in [0.29, 0.717) is 12.5 Å². The molecular formula is C8H13N5.